The number of rotatable bonds is 5. The van der Waals surface area contributed by atoms with Crippen molar-refractivity contribution in [2.75, 3.05) is 33.4 Å². The predicted octanol–water partition coefficient (Wildman–Crippen LogP) is 1.47. The van der Waals surface area contributed by atoms with E-state index >= 15 is 0 Å². The third-order valence-electron chi connectivity index (χ3n) is 3.80. The second-order valence-corrected chi connectivity index (χ2v) is 5.55. The third-order valence-corrected chi connectivity index (χ3v) is 3.80. The van der Waals surface area contributed by atoms with Gasteiger partial charge in [0.25, 0.3) is 0 Å². The average Bonchev–Trinajstić information content (AvgIpc) is 2.56. The van der Waals surface area contributed by atoms with Gasteiger partial charge in [0.05, 0.1) is 12.1 Å². The van der Waals surface area contributed by atoms with Gasteiger partial charge in [-0.3, -0.25) is 4.90 Å². The van der Waals surface area contributed by atoms with Crippen LogP contribution in [-0.4, -0.2) is 43.8 Å². The number of ether oxygens (including phenoxy) is 1. The van der Waals surface area contributed by atoms with Crippen molar-refractivity contribution < 1.29 is 4.74 Å². The molecule has 0 saturated carbocycles. The first-order valence-electron chi connectivity index (χ1n) is 5.94. The smallest absolute Gasteiger partial charge is 0.0658 e. The van der Waals surface area contributed by atoms with Crippen molar-refractivity contribution in [2.45, 2.75) is 39.2 Å². The molecule has 0 amide bonds. The van der Waals surface area contributed by atoms with E-state index < -0.39 is 0 Å². The maximum Gasteiger partial charge on any atom is 0.0658 e. The number of methoxy groups -OCH3 is 1. The Kier molecular flexibility index (Phi) is 4.15. The lowest BCUT2D eigenvalue weighted by atomic mass is 9.91. The molecular formula is C12H26N2O. The lowest BCUT2D eigenvalue weighted by Crippen LogP contribution is -2.56. The molecule has 1 rings (SSSR count). The van der Waals surface area contributed by atoms with Gasteiger partial charge in [-0.25, -0.2) is 0 Å². The molecule has 2 N–H and O–H groups in total. The van der Waals surface area contributed by atoms with Gasteiger partial charge >= 0.3 is 0 Å². The highest BCUT2D eigenvalue weighted by atomic mass is 16.5. The van der Waals surface area contributed by atoms with Crippen LogP contribution < -0.4 is 5.73 Å². The Morgan fingerprint density at radius 2 is 2.13 bits per heavy atom. The largest absolute Gasteiger partial charge is 0.383 e. The maximum absolute atomic E-state index is 5.95. The van der Waals surface area contributed by atoms with Crippen LogP contribution in [0, 0.1) is 5.41 Å². The summed E-state index contributed by atoms with van der Waals surface area (Å²) in [5, 5.41) is 0. The molecule has 1 unspecified atom stereocenters. The SMILES string of the molecule is CCC(CN)(COC)N1CCC(C)(C)C1. The highest BCUT2D eigenvalue weighted by molar-refractivity contribution is 4.97. The molecule has 90 valence electrons. The molecule has 0 aromatic rings. The van der Waals surface area contributed by atoms with E-state index in [4.69, 9.17) is 10.5 Å². The maximum atomic E-state index is 5.95. The van der Waals surface area contributed by atoms with Crippen LogP contribution in [0.2, 0.25) is 0 Å². The minimum absolute atomic E-state index is 0.0581. The molecule has 0 spiro atoms. The minimum Gasteiger partial charge on any atom is -0.383 e. The number of nitrogens with two attached hydrogens (primary N) is 1. The molecule has 1 fully saturated rings. The molecule has 3 heteroatoms. The minimum atomic E-state index is 0.0581. The van der Waals surface area contributed by atoms with Crippen LogP contribution in [0.15, 0.2) is 0 Å². The highest BCUT2D eigenvalue weighted by Gasteiger charge is 2.41. The van der Waals surface area contributed by atoms with E-state index in [2.05, 4.69) is 25.7 Å². The second kappa shape index (κ2) is 4.81. The zero-order valence-electron chi connectivity index (χ0n) is 10.7. The van der Waals surface area contributed by atoms with Gasteiger partial charge in [0.15, 0.2) is 0 Å². The molecule has 0 aromatic carbocycles. The van der Waals surface area contributed by atoms with E-state index in [0.29, 0.717) is 12.0 Å². The Morgan fingerprint density at radius 3 is 2.47 bits per heavy atom. The first kappa shape index (κ1) is 12.9. The van der Waals surface area contributed by atoms with Crippen molar-refractivity contribution in [1.82, 2.24) is 4.90 Å². The van der Waals surface area contributed by atoms with Gasteiger partial charge in [-0.2, -0.15) is 0 Å². The van der Waals surface area contributed by atoms with Crippen molar-refractivity contribution in [2.24, 2.45) is 11.1 Å². The summed E-state index contributed by atoms with van der Waals surface area (Å²) in [5.74, 6) is 0. The van der Waals surface area contributed by atoms with E-state index in [9.17, 15) is 0 Å². The number of likely N-dealkylation sites (tertiary alicyclic amines) is 1. The summed E-state index contributed by atoms with van der Waals surface area (Å²) in [4.78, 5) is 2.52. The molecule has 0 bridgehead atoms. The van der Waals surface area contributed by atoms with Gasteiger partial charge in [0.2, 0.25) is 0 Å². The molecule has 0 aliphatic carbocycles. The summed E-state index contributed by atoms with van der Waals surface area (Å²) in [6.45, 7) is 10.6. The molecule has 1 aliphatic heterocycles. The van der Waals surface area contributed by atoms with Crippen LogP contribution in [0.5, 0.6) is 0 Å². The van der Waals surface area contributed by atoms with Crippen molar-refractivity contribution >= 4 is 0 Å². The van der Waals surface area contributed by atoms with Crippen molar-refractivity contribution in [3.05, 3.63) is 0 Å². The molecule has 1 aliphatic rings. The van der Waals surface area contributed by atoms with E-state index in [1.54, 1.807) is 7.11 Å². The van der Waals surface area contributed by atoms with Crippen LogP contribution in [0.4, 0.5) is 0 Å². The molecule has 1 heterocycles. The summed E-state index contributed by atoms with van der Waals surface area (Å²) in [5.41, 5.74) is 6.44. The summed E-state index contributed by atoms with van der Waals surface area (Å²) < 4.78 is 5.35. The van der Waals surface area contributed by atoms with E-state index in [0.717, 1.165) is 26.1 Å². The van der Waals surface area contributed by atoms with Crippen LogP contribution in [-0.2, 0) is 4.74 Å². The highest BCUT2D eigenvalue weighted by Crippen LogP contribution is 2.34. The summed E-state index contributed by atoms with van der Waals surface area (Å²) in [7, 11) is 1.77. The summed E-state index contributed by atoms with van der Waals surface area (Å²) >= 11 is 0. The fraction of sp³-hybridized carbons (Fsp3) is 1.00. The Hall–Kier alpha value is -0.120. The standard InChI is InChI=1S/C12H26N2O/c1-5-12(8-13,10-15-4)14-7-6-11(2,3)9-14/h5-10,13H2,1-4H3. The van der Waals surface area contributed by atoms with Gasteiger partial charge in [-0.05, 0) is 24.8 Å². The monoisotopic (exact) mass is 214 g/mol. The molecule has 1 atom stereocenters. The average molecular weight is 214 g/mol. The molecule has 3 nitrogen and oxygen atoms in total. The first-order chi connectivity index (χ1) is 6.99. The van der Waals surface area contributed by atoms with Crippen LogP contribution in [0.1, 0.15) is 33.6 Å². The summed E-state index contributed by atoms with van der Waals surface area (Å²) in [6, 6.07) is 0. The predicted molar refractivity (Wildman–Crippen MR) is 63.9 cm³/mol. The Balaban J connectivity index is 2.73. The van der Waals surface area contributed by atoms with Gasteiger partial charge in [0.1, 0.15) is 0 Å². The molecule has 0 aromatic heterocycles. The number of nitrogens with zero attached hydrogens (tertiary/aromatic N) is 1. The fourth-order valence-electron chi connectivity index (χ4n) is 2.54. The molecular weight excluding hydrogens is 188 g/mol. The lowest BCUT2D eigenvalue weighted by molar-refractivity contribution is 0.0212. The fourth-order valence-corrected chi connectivity index (χ4v) is 2.54. The van der Waals surface area contributed by atoms with Crippen LogP contribution >= 0.6 is 0 Å². The zero-order valence-corrected chi connectivity index (χ0v) is 10.7. The molecule has 15 heavy (non-hydrogen) atoms. The zero-order chi connectivity index (χ0) is 11.5. The quantitative estimate of drug-likeness (QED) is 0.753. The van der Waals surface area contributed by atoms with Gasteiger partial charge in [-0.15, -0.1) is 0 Å². The Morgan fingerprint density at radius 1 is 1.47 bits per heavy atom. The van der Waals surface area contributed by atoms with E-state index in [-0.39, 0.29) is 5.54 Å². The molecule has 0 radical (unpaired) electrons. The first-order valence-corrected chi connectivity index (χ1v) is 5.94. The van der Waals surface area contributed by atoms with Gasteiger partial charge in [0, 0.05) is 20.2 Å². The number of hydrogen-bond donors (Lipinski definition) is 1. The molecule has 1 saturated heterocycles. The second-order valence-electron chi connectivity index (χ2n) is 5.55. The van der Waals surface area contributed by atoms with Gasteiger partial charge in [-0.1, -0.05) is 20.8 Å². The Bertz CT molecular complexity index is 200. The summed E-state index contributed by atoms with van der Waals surface area (Å²) in [6.07, 6.45) is 2.33. The third kappa shape index (κ3) is 2.71. The topological polar surface area (TPSA) is 38.5 Å². The van der Waals surface area contributed by atoms with Crippen molar-refractivity contribution in [3.8, 4) is 0 Å². The lowest BCUT2D eigenvalue weighted by Gasteiger charge is -2.40. The Labute approximate surface area is 94.0 Å². The van der Waals surface area contributed by atoms with Crippen LogP contribution in [0.3, 0.4) is 0 Å². The normalized spacial score (nSPS) is 25.4. The van der Waals surface area contributed by atoms with Crippen molar-refractivity contribution in [1.29, 1.82) is 0 Å². The number of hydrogen-bond acceptors (Lipinski definition) is 3. The van der Waals surface area contributed by atoms with Gasteiger partial charge < -0.3 is 10.5 Å². The van der Waals surface area contributed by atoms with Crippen molar-refractivity contribution in [3.63, 3.8) is 0 Å². The van der Waals surface area contributed by atoms with E-state index in [1.165, 1.54) is 6.42 Å². The van der Waals surface area contributed by atoms with Crippen LogP contribution in [0.25, 0.3) is 0 Å². The van der Waals surface area contributed by atoms with E-state index in [1.807, 2.05) is 0 Å².